The van der Waals surface area contributed by atoms with Gasteiger partial charge in [-0.15, -0.1) is 0 Å². The Morgan fingerprint density at radius 3 is 2.94 bits per heavy atom. The van der Waals surface area contributed by atoms with Crippen LogP contribution in [0, 0.1) is 6.92 Å². The first-order chi connectivity index (χ1) is 8.24. The number of nitrogens with one attached hydrogen (secondary N) is 1. The smallest absolute Gasteiger partial charge is 0.203 e. The van der Waals surface area contributed by atoms with Gasteiger partial charge in [0.1, 0.15) is 11.4 Å². The number of aromatic nitrogens is 4. The van der Waals surface area contributed by atoms with E-state index in [0.29, 0.717) is 11.7 Å². The average Bonchev–Trinajstić information content (AvgIpc) is 2.69. The summed E-state index contributed by atoms with van der Waals surface area (Å²) in [6, 6.07) is 1.95. The lowest BCUT2D eigenvalue weighted by Crippen LogP contribution is -2.43. The Bertz CT molecular complexity index is 596. The van der Waals surface area contributed by atoms with Crippen molar-refractivity contribution in [3.63, 3.8) is 0 Å². The lowest BCUT2D eigenvalue weighted by molar-refractivity contribution is 0.318. The van der Waals surface area contributed by atoms with Crippen LogP contribution in [0.25, 0.3) is 5.69 Å². The van der Waals surface area contributed by atoms with E-state index in [1.165, 1.54) is 6.07 Å². The Labute approximate surface area is 97.9 Å². The van der Waals surface area contributed by atoms with Crippen LogP contribution >= 0.6 is 0 Å². The minimum Gasteiger partial charge on any atom is -0.312 e. The van der Waals surface area contributed by atoms with Gasteiger partial charge in [-0.1, -0.05) is 0 Å². The first-order valence-corrected chi connectivity index (χ1v) is 5.56. The summed E-state index contributed by atoms with van der Waals surface area (Å²) in [6.45, 7) is 3.62. The molecule has 0 amide bonds. The molecule has 88 valence electrons. The van der Waals surface area contributed by atoms with Gasteiger partial charge in [0, 0.05) is 25.4 Å². The highest BCUT2D eigenvalue weighted by Gasteiger charge is 2.19. The molecular weight excluding hydrogens is 218 g/mol. The lowest BCUT2D eigenvalue weighted by atomic mass is 10.2. The minimum absolute atomic E-state index is 0.0446. The van der Waals surface area contributed by atoms with Gasteiger partial charge in [-0.25, -0.2) is 4.68 Å². The summed E-state index contributed by atoms with van der Waals surface area (Å²) in [5.74, 6) is 0. The third-order valence-corrected chi connectivity index (χ3v) is 2.97. The van der Waals surface area contributed by atoms with Crippen LogP contribution in [-0.4, -0.2) is 32.7 Å². The monoisotopic (exact) mass is 231 g/mol. The number of nitrogens with zero attached hydrogens (tertiary/aromatic N) is 4. The third-order valence-electron chi connectivity index (χ3n) is 2.97. The van der Waals surface area contributed by atoms with Crippen LogP contribution in [0.2, 0.25) is 0 Å². The van der Waals surface area contributed by atoms with Gasteiger partial charge in [-0.2, -0.15) is 10.2 Å². The van der Waals surface area contributed by atoms with Crippen LogP contribution in [0.1, 0.15) is 11.7 Å². The largest absolute Gasteiger partial charge is 0.312 e. The molecule has 0 aromatic carbocycles. The van der Waals surface area contributed by atoms with E-state index in [2.05, 4.69) is 15.5 Å². The van der Waals surface area contributed by atoms with E-state index < -0.39 is 0 Å². The summed E-state index contributed by atoms with van der Waals surface area (Å²) in [5, 5.41) is 11.7. The standard InChI is InChI=1S/C11H13N5O/c1-8-11(17)2-3-15(14-8)10-6-13-16(7-10)9-4-12-5-9/h2-3,6-7,9,12H,4-5H2,1H3. The zero-order valence-corrected chi connectivity index (χ0v) is 9.50. The van der Waals surface area contributed by atoms with Gasteiger partial charge in [0.2, 0.25) is 5.43 Å². The van der Waals surface area contributed by atoms with Crippen molar-refractivity contribution in [1.82, 2.24) is 24.9 Å². The lowest BCUT2D eigenvalue weighted by Gasteiger charge is -2.27. The van der Waals surface area contributed by atoms with E-state index >= 15 is 0 Å². The molecular formula is C11H13N5O. The zero-order chi connectivity index (χ0) is 11.8. The van der Waals surface area contributed by atoms with E-state index in [-0.39, 0.29) is 5.43 Å². The summed E-state index contributed by atoms with van der Waals surface area (Å²) in [5.41, 5.74) is 1.32. The molecule has 1 saturated heterocycles. The average molecular weight is 231 g/mol. The van der Waals surface area contributed by atoms with Crippen LogP contribution in [0.3, 0.4) is 0 Å². The van der Waals surface area contributed by atoms with Crippen molar-refractivity contribution in [2.45, 2.75) is 13.0 Å². The maximum Gasteiger partial charge on any atom is 0.203 e. The van der Waals surface area contributed by atoms with Crippen molar-refractivity contribution in [2.24, 2.45) is 0 Å². The Morgan fingerprint density at radius 2 is 2.29 bits per heavy atom. The van der Waals surface area contributed by atoms with Crippen LogP contribution < -0.4 is 10.7 Å². The molecule has 0 atom stereocenters. The van der Waals surface area contributed by atoms with Crippen molar-refractivity contribution in [1.29, 1.82) is 0 Å². The quantitative estimate of drug-likeness (QED) is 0.782. The highest BCUT2D eigenvalue weighted by Crippen LogP contribution is 2.12. The molecule has 6 heteroatoms. The molecule has 0 spiro atoms. The molecule has 1 N–H and O–H groups in total. The maximum atomic E-state index is 11.3. The van der Waals surface area contributed by atoms with Crippen LogP contribution in [0.15, 0.2) is 29.5 Å². The fourth-order valence-corrected chi connectivity index (χ4v) is 1.75. The van der Waals surface area contributed by atoms with Crippen molar-refractivity contribution >= 4 is 0 Å². The predicted molar refractivity (Wildman–Crippen MR) is 62.3 cm³/mol. The molecule has 17 heavy (non-hydrogen) atoms. The van der Waals surface area contributed by atoms with Gasteiger partial charge >= 0.3 is 0 Å². The van der Waals surface area contributed by atoms with E-state index in [0.717, 1.165) is 18.8 Å². The minimum atomic E-state index is -0.0446. The highest BCUT2D eigenvalue weighted by molar-refractivity contribution is 5.24. The fourth-order valence-electron chi connectivity index (χ4n) is 1.75. The molecule has 0 radical (unpaired) electrons. The Morgan fingerprint density at radius 1 is 1.47 bits per heavy atom. The molecule has 1 aliphatic rings. The Balaban J connectivity index is 1.94. The van der Waals surface area contributed by atoms with Crippen LogP contribution in [-0.2, 0) is 0 Å². The number of hydrogen-bond donors (Lipinski definition) is 1. The molecule has 0 saturated carbocycles. The van der Waals surface area contributed by atoms with Gasteiger partial charge in [-0.3, -0.25) is 9.48 Å². The molecule has 3 rings (SSSR count). The van der Waals surface area contributed by atoms with Gasteiger partial charge in [-0.05, 0) is 6.92 Å². The highest BCUT2D eigenvalue weighted by atomic mass is 16.1. The molecule has 0 aliphatic carbocycles. The first kappa shape index (κ1) is 10.2. The summed E-state index contributed by atoms with van der Waals surface area (Å²) >= 11 is 0. The summed E-state index contributed by atoms with van der Waals surface area (Å²) in [4.78, 5) is 11.3. The van der Waals surface area contributed by atoms with Gasteiger partial charge in [0.25, 0.3) is 0 Å². The SMILES string of the molecule is Cc1nn(-c2cnn(C3CNC3)c2)ccc1=O. The second kappa shape index (κ2) is 3.81. The topological polar surface area (TPSA) is 64.7 Å². The van der Waals surface area contributed by atoms with Crippen LogP contribution in [0.4, 0.5) is 0 Å². The van der Waals surface area contributed by atoms with E-state index in [9.17, 15) is 4.79 Å². The molecule has 2 aromatic heterocycles. The summed E-state index contributed by atoms with van der Waals surface area (Å²) in [6.07, 6.45) is 5.37. The molecule has 0 unspecified atom stereocenters. The van der Waals surface area contributed by atoms with Gasteiger partial charge in [0.05, 0.1) is 18.4 Å². The number of aryl methyl sites for hydroxylation is 1. The molecule has 2 aromatic rings. The van der Waals surface area contributed by atoms with E-state index in [1.807, 2.05) is 10.9 Å². The number of hydrogen-bond acceptors (Lipinski definition) is 4. The molecule has 0 bridgehead atoms. The van der Waals surface area contributed by atoms with E-state index in [1.54, 1.807) is 24.0 Å². The van der Waals surface area contributed by atoms with Crippen molar-refractivity contribution in [3.05, 3.63) is 40.6 Å². The van der Waals surface area contributed by atoms with Crippen molar-refractivity contribution < 1.29 is 0 Å². The molecule has 6 nitrogen and oxygen atoms in total. The van der Waals surface area contributed by atoms with E-state index in [4.69, 9.17) is 0 Å². The third kappa shape index (κ3) is 1.76. The normalized spacial score (nSPS) is 15.8. The maximum absolute atomic E-state index is 11.3. The molecule has 1 aliphatic heterocycles. The van der Waals surface area contributed by atoms with Gasteiger partial charge < -0.3 is 5.32 Å². The number of rotatable bonds is 2. The summed E-state index contributed by atoms with van der Waals surface area (Å²) < 4.78 is 3.60. The van der Waals surface area contributed by atoms with Crippen molar-refractivity contribution in [2.75, 3.05) is 13.1 Å². The molecule has 3 heterocycles. The van der Waals surface area contributed by atoms with Crippen molar-refractivity contribution in [3.8, 4) is 5.69 Å². The zero-order valence-electron chi connectivity index (χ0n) is 9.50. The summed E-state index contributed by atoms with van der Waals surface area (Å²) in [7, 11) is 0. The fraction of sp³-hybridized carbons (Fsp3) is 0.364. The Kier molecular flexibility index (Phi) is 2.29. The second-order valence-electron chi connectivity index (χ2n) is 4.20. The predicted octanol–water partition coefficient (Wildman–Crippen LogP) is -0.118. The molecule has 1 fully saturated rings. The van der Waals surface area contributed by atoms with Gasteiger partial charge in [0.15, 0.2) is 0 Å². The van der Waals surface area contributed by atoms with Crippen LogP contribution in [0.5, 0.6) is 0 Å². The first-order valence-electron chi connectivity index (χ1n) is 5.56. The Hall–Kier alpha value is -1.95. The second-order valence-corrected chi connectivity index (χ2v) is 4.20.